The molecule has 29 heavy (non-hydrogen) atoms. The van der Waals surface area contributed by atoms with Crippen LogP contribution >= 0.6 is 7.60 Å². The minimum atomic E-state index is -4.32. The second kappa shape index (κ2) is 7.22. The molecule has 0 spiro atoms. The van der Waals surface area contributed by atoms with Crippen LogP contribution < -0.4 is 0 Å². The zero-order valence-corrected chi connectivity index (χ0v) is 15.9. The maximum absolute atomic E-state index is 11.5. The molecule has 0 bridgehead atoms. The molecule has 0 atom stereocenters. The highest BCUT2D eigenvalue weighted by Gasteiger charge is 2.16. The van der Waals surface area contributed by atoms with E-state index in [1.807, 2.05) is 42.5 Å². The summed E-state index contributed by atoms with van der Waals surface area (Å²) < 4.78 is 11.1. The number of hydrogen-bond donors (Lipinski definition) is 2. The molecule has 1 heterocycles. The van der Waals surface area contributed by atoms with Crippen molar-refractivity contribution in [3.63, 3.8) is 0 Å². The molecule has 0 saturated carbocycles. The molecular weight excluding hydrogens is 391 g/mol. The second-order valence-electron chi connectivity index (χ2n) is 6.49. The van der Waals surface area contributed by atoms with Crippen LogP contribution in [0.2, 0.25) is 0 Å². The number of non-ortho nitro benzene ring substituents is 1. The van der Waals surface area contributed by atoms with Gasteiger partial charge in [0.05, 0.1) is 16.1 Å². The molecule has 0 radical (unpaired) electrons. The molecule has 4 rings (SSSR count). The number of nitro groups is 1. The lowest BCUT2D eigenvalue weighted by molar-refractivity contribution is -0.384. The number of rotatable bonds is 4. The Balaban J connectivity index is 2.03. The minimum Gasteiger partial charge on any atom is -0.321 e. The first-order chi connectivity index (χ1) is 13.8. The zero-order chi connectivity index (χ0) is 20.6. The monoisotopic (exact) mass is 406 g/mol. The standard InChI is InChI=1S/C21H15N2O5P/c24-23(25)17-12-15-8-9-16(10-11-29(26,27)28)22-21(15)20(13-17)19-7-3-5-14-4-1-2-6-18(14)19/h1-13H,(H2,26,27,28)/b11-10+. The van der Waals surface area contributed by atoms with E-state index in [0.717, 1.165) is 22.2 Å². The highest BCUT2D eigenvalue weighted by Crippen LogP contribution is 2.38. The molecule has 4 aromatic rings. The van der Waals surface area contributed by atoms with Gasteiger partial charge in [-0.3, -0.25) is 14.7 Å². The molecule has 7 nitrogen and oxygen atoms in total. The van der Waals surface area contributed by atoms with Crippen LogP contribution in [0.5, 0.6) is 0 Å². The van der Waals surface area contributed by atoms with E-state index in [9.17, 15) is 14.7 Å². The molecule has 1 aromatic heterocycles. The van der Waals surface area contributed by atoms with Gasteiger partial charge in [-0.15, -0.1) is 0 Å². The number of nitro benzene ring substituents is 1. The van der Waals surface area contributed by atoms with Crippen molar-refractivity contribution >= 4 is 41.0 Å². The Morgan fingerprint density at radius 3 is 2.45 bits per heavy atom. The number of fused-ring (bicyclic) bond motifs is 2. The normalized spacial score (nSPS) is 12.1. The molecule has 3 aromatic carbocycles. The number of pyridine rings is 1. The quantitative estimate of drug-likeness (QED) is 0.277. The van der Waals surface area contributed by atoms with Crippen molar-refractivity contribution in [3.8, 4) is 11.1 Å². The fraction of sp³-hybridized carbons (Fsp3) is 0. The average molecular weight is 406 g/mol. The summed E-state index contributed by atoms with van der Waals surface area (Å²) in [6.07, 6.45) is 1.24. The summed E-state index contributed by atoms with van der Waals surface area (Å²) in [6, 6.07) is 19.6. The van der Waals surface area contributed by atoms with E-state index >= 15 is 0 Å². The molecule has 0 aliphatic heterocycles. The molecule has 0 aliphatic rings. The number of benzene rings is 3. The molecule has 8 heteroatoms. The van der Waals surface area contributed by atoms with E-state index < -0.39 is 12.5 Å². The molecule has 0 saturated heterocycles. The van der Waals surface area contributed by atoms with Gasteiger partial charge in [-0.25, -0.2) is 4.98 Å². The lowest BCUT2D eigenvalue weighted by Crippen LogP contribution is -1.94. The lowest BCUT2D eigenvalue weighted by Gasteiger charge is -2.10. The summed E-state index contributed by atoms with van der Waals surface area (Å²) >= 11 is 0. The van der Waals surface area contributed by atoms with E-state index in [1.165, 1.54) is 18.2 Å². The summed E-state index contributed by atoms with van der Waals surface area (Å²) in [6.45, 7) is 0. The van der Waals surface area contributed by atoms with Gasteiger partial charge in [-0.2, -0.15) is 0 Å². The van der Waals surface area contributed by atoms with Crippen LogP contribution in [0.1, 0.15) is 5.69 Å². The zero-order valence-electron chi connectivity index (χ0n) is 15.0. The Hall–Kier alpha value is -3.38. The van der Waals surface area contributed by atoms with Crippen molar-refractivity contribution in [2.45, 2.75) is 0 Å². The van der Waals surface area contributed by atoms with Crippen LogP contribution in [0.3, 0.4) is 0 Å². The largest absolute Gasteiger partial charge is 0.349 e. The van der Waals surface area contributed by atoms with Crippen molar-refractivity contribution in [3.05, 3.63) is 88.4 Å². The Kier molecular flexibility index (Phi) is 4.72. The molecule has 144 valence electrons. The summed E-state index contributed by atoms with van der Waals surface area (Å²) in [5.74, 6) is 0.782. The first kappa shape index (κ1) is 19.0. The van der Waals surface area contributed by atoms with Crippen molar-refractivity contribution in [2.75, 3.05) is 0 Å². The van der Waals surface area contributed by atoms with Crippen LogP contribution in [0, 0.1) is 10.1 Å². The van der Waals surface area contributed by atoms with Gasteiger partial charge in [0.2, 0.25) is 0 Å². The maximum Gasteiger partial charge on any atom is 0.349 e. The third kappa shape index (κ3) is 3.93. The molecule has 0 amide bonds. The first-order valence-corrected chi connectivity index (χ1v) is 10.3. The van der Waals surface area contributed by atoms with Crippen molar-refractivity contribution < 1.29 is 19.3 Å². The van der Waals surface area contributed by atoms with Crippen LogP contribution in [0.4, 0.5) is 5.69 Å². The maximum atomic E-state index is 11.5. The summed E-state index contributed by atoms with van der Waals surface area (Å²) in [4.78, 5) is 33.6. The van der Waals surface area contributed by atoms with Gasteiger partial charge in [0.1, 0.15) is 0 Å². The fourth-order valence-corrected chi connectivity index (χ4v) is 3.62. The van der Waals surface area contributed by atoms with Gasteiger partial charge in [-0.05, 0) is 28.5 Å². The van der Waals surface area contributed by atoms with E-state index in [4.69, 9.17) is 9.79 Å². The Labute approximate surface area is 165 Å². The molecule has 2 N–H and O–H groups in total. The topological polar surface area (TPSA) is 114 Å². The minimum absolute atomic E-state index is 0.0549. The van der Waals surface area contributed by atoms with Crippen molar-refractivity contribution in [1.82, 2.24) is 4.98 Å². The number of hydrogen-bond acceptors (Lipinski definition) is 4. The predicted molar refractivity (Wildman–Crippen MR) is 112 cm³/mol. The number of aromatic nitrogens is 1. The highest BCUT2D eigenvalue weighted by atomic mass is 31.2. The Morgan fingerprint density at radius 2 is 1.69 bits per heavy atom. The fourth-order valence-electron chi connectivity index (χ4n) is 3.27. The van der Waals surface area contributed by atoms with E-state index in [-0.39, 0.29) is 5.69 Å². The Bertz CT molecular complexity index is 1340. The van der Waals surface area contributed by atoms with E-state index in [0.29, 0.717) is 22.2 Å². The molecule has 0 aliphatic carbocycles. The van der Waals surface area contributed by atoms with Crippen LogP contribution in [0.25, 0.3) is 38.9 Å². The lowest BCUT2D eigenvalue weighted by atomic mass is 9.95. The summed E-state index contributed by atoms with van der Waals surface area (Å²) in [5.41, 5.74) is 2.18. The van der Waals surface area contributed by atoms with Gasteiger partial charge < -0.3 is 9.79 Å². The SMILES string of the molecule is O=[N+]([O-])c1cc(-c2cccc3ccccc23)c2nc(/C=C/P(=O)(O)O)ccc2c1. The highest BCUT2D eigenvalue weighted by molar-refractivity contribution is 7.55. The first-order valence-electron chi connectivity index (χ1n) is 8.64. The molecular formula is C21H15N2O5P. The smallest absolute Gasteiger partial charge is 0.321 e. The second-order valence-corrected chi connectivity index (χ2v) is 7.97. The molecule has 0 unspecified atom stereocenters. The van der Waals surface area contributed by atoms with Crippen molar-refractivity contribution in [2.24, 2.45) is 0 Å². The predicted octanol–water partition coefficient (Wildman–Crippen LogP) is 5.11. The van der Waals surface area contributed by atoms with Gasteiger partial charge in [0, 0.05) is 28.9 Å². The number of nitrogens with zero attached hydrogens (tertiary/aromatic N) is 2. The van der Waals surface area contributed by atoms with Crippen LogP contribution in [-0.2, 0) is 4.57 Å². The summed E-state index contributed by atoms with van der Waals surface area (Å²) in [7, 11) is -4.32. The average Bonchev–Trinajstić information content (AvgIpc) is 2.70. The van der Waals surface area contributed by atoms with Gasteiger partial charge in [-0.1, -0.05) is 48.5 Å². The molecule has 0 fully saturated rings. The van der Waals surface area contributed by atoms with Crippen LogP contribution in [0.15, 0.2) is 72.5 Å². The summed E-state index contributed by atoms with van der Waals surface area (Å²) in [5, 5.41) is 13.9. The third-order valence-electron chi connectivity index (χ3n) is 4.53. The van der Waals surface area contributed by atoms with Gasteiger partial charge in [0.25, 0.3) is 5.69 Å². The van der Waals surface area contributed by atoms with Gasteiger partial charge >= 0.3 is 7.60 Å². The van der Waals surface area contributed by atoms with Crippen LogP contribution in [-0.4, -0.2) is 19.7 Å². The van der Waals surface area contributed by atoms with E-state index in [1.54, 1.807) is 12.1 Å². The van der Waals surface area contributed by atoms with Gasteiger partial charge in [0.15, 0.2) is 0 Å². The Morgan fingerprint density at radius 1 is 0.931 bits per heavy atom. The third-order valence-corrected chi connectivity index (χ3v) is 5.07. The van der Waals surface area contributed by atoms with Crippen molar-refractivity contribution in [1.29, 1.82) is 0 Å². The van der Waals surface area contributed by atoms with E-state index in [2.05, 4.69) is 4.98 Å².